The van der Waals surface area contributed by atoms with Crippen molar-refractivity contribution in [3.63, 3.8) is 0 Å². The molecular formula is C30H36F2N6O3. The minimum absolute atomic E-state index is 0.117. The second-order valence-corrected chi connectivity index (χ2v) is 10.8. The maximum atomic E-state index is 14.4. The topological polar surface area (TPSA) is 103 Å². The number of nitrogens with one attached hydrogen (secondary N) is 2. The lowest BCUT2D eigenvalue weighted by Gasteiger charge is -2.31. The van der Waals surface area contributed by atoms with Gasteiger partial charge in [-0.3, -0.25) is 4.90 Å². The monoisotopic (exact) mass is 566 g/mol. The van der Waals surface area contributed by atoms with E-state index >= 15 is 0 Å². The molecule has 41 heavy (non-hydrogen) atoms. The van der Waals surface area contributed by atoms with Crippen LogP contribution < -0.4 is 15.4 Å². The van der Waals surface area contributed by atoms with Crippen LogP contribution >= 0.6 is 0 Å². The lowest BCUT2D eigenvalue weighted by atomic mass is 9.98. The van der Waals surface area contributed by atoms with Crippen molar-refractivity contribution in [1.82, 2.24) is 19.8 Å². The van der Waals surface area contributed by atoms with E-state index in [4.69, 9.17) is 4.74 Å². The smallest absolute Gasteiger partial charge is 0.321 e. The number of ether oxygens (including phenoxy) is 1. The summed E-state index contributed by atoms with van der Waals surface area (Å²) in [5.41, 5.74) is 2.37. The summed E-state index contributed by atoms with van der Waals surface area (Å²) in [6, 6.07) is 13.5. The van der Waals surface area contributed by atoms with Gasteiger partial charge in [0.15, 0.2) is 0 Å². The average molecular weight is 567 g/mol. The highest BCUT2D eigenvalue weighted by Crippen LogP contribution is 2.24. The number of benzene rings is 2. The van der Waals surface area contributed by atoms with Crippen LogP contribution in [0.3, 0.4) is 0 Å². The highest BCUT2D eigenvalue weighted by Gasteiger charge is 2.24. The minimum atomic E-state index is -0.638. The molecule has 0 aliphatic carbocycles. The third-order valence-corrected chi connectivity index (χ3v) is 7.62. The Morgan fingerprint density at radius 1 is 1.02 bits per heavy atom. The van der Waals surface area contributed by atoms with Gasteiger partial charge in [-0.05, 0) is 80.0 Å². The molecule has 0 bridgehead atoms. The Morgan fingerprint density at radius 2 is 1.83 bits per heavy atom. The number of halogens is 2. The summed E-state index contributed by atoms with van der Waals surface area (Å²) in [6.45, 7) is 4.32. The summed E-state index contributed by atoms with van der Waals surface area (Å²) >= 11 is 0. The van der Waals surface area contributed by atoms with Crippen molar-refractivity contribution in [2.24, 2.45) is 11.8 Å². The first kappa shape index (κ1) is 28.7. The molecule has 11 heteroatoms. The third kappa shape index (κ3) is 8.11. The zero-order chi connectivity index (χ0) is 28.6. The number of hydrogen-bond acceptors (Lipinski definition) is 7. The predicted octanol–water partition coefficient (Wildman–Crippen LogP) is 5.03. The van der Waals surface area contributed by atoms with Crippen molar-refractivity contribution in [3.05, 3.63) is 71.9 Å². The number of amides is 2. The van der Waals surface area contributed by atoms with Crippen LogP contribution in [0, 0.1) is 23.5 Å². The first-order valence-electron chi connectivity index (χ1n) is 14.1. The van der Waals surface area contributed by atoms with Crippen LogP contribution in [0.5, 0.6) is 5.88 Å². The second kappa shape index (κ2) is 13.7. The number of urea groups is 1. The molecule has 3 aromatic rings. The molecule has 1 atom stereocenters. The molecule has 5 rings (SSSR count). The molecule has 1 unspecified atom stereocenters. The van der Waals surface area contributed by atoms with Crippen LogP contribution in [0.1, 0.15) is 31.2 Å². The maximum absolute atomic E-state index is 14.4. The Kier molecular flexibility index (Phi) is 9.58. The molecule has 2 fully saturated rings. The highest BCUT2D eigenvalue weighted by molar-refractivity contribution is 5.89. The quantitative estimate of drug-likeness (QED) is 0.334. The van der Waals surface area contributed by atoms with Crippen LogP contribution in [0.25, 0.3) is 0 Å². The molecule has 0 radical (unpaired) electrons. The fourth-order valence-corrected chi connectivity index (χ4v) is 5.31. The number of carbonyl (C=O) groups excluding carboxylic acids is 1. The Labute approximate surface area is 238 Å². The van der Waals surface area contributed by atoms with Gasteiger partial charge in [-0.1, -0.05) is 18.2 Å². The number of rotatable bonds is 9. The van der Waals surface area contributed by atoms with E-state index in [0.29, 0.717) is 37.5 Å². The van der Waals surface area contributed by atoms with Gasteiger partial charge in [-0.15, -0.1) is 0 Å². The van der Waals surface area contributed by atoms with Gasteiger partial charge >= 0.3 is 6.03 Å². The molecule has 0 saturated carbocycles. The highest BCUT2D eigenvalue weighted by atomic mass is 19.1. The van der Waals surface area contributed by atoms with Crippen LogP contribution in [0.15, 0.2) is 54.7 Å². The molecule has 2 aliphatic heterocycles. The Morgan fingerprint density at radius 3 is 2.59 bits per heavy atom. The summed E-state index contributed by atoms with van der Waals surface area (Å²) < 4.78 is 33.5. The first-order chi connectivity index (χ1) is 19.9. The second-order valence-electron chi connectivity index (χ2n) is 10.8. The molecule has 9 nitrogen and oxygen atoms in total. The van der Waals surface area contributed by atoms with Crippen LogP contribution in [0.2, 0.25) is 0 Å². The van der Waals surface area contributed by atoms with E-state index in [9.17, 15) is 18.7 Å². The fraction of sp³-hybridized carbons (Fsp3) is 0.433. The van der Waals surface area contributed by atoms with Crippen molar-refractivity contribution in [3.8, 4) is 5.88 Å². The zero-order valence-electron chi connectivity index (χ0n) is 22.9. The molecule has 3 heterocycles. The SMILES string of the molecule is O=C(Nc1cccc(F)c1)N1CCC(COc2nc(Nc3ccc(CN4CCCC(CO)C4)cc3)ncc2F)CC1. The molecule has 0 spiro atoms. The number of aromatic nitrogens is 2. The van der Waals surface area contributed by atoms with Crippen LogP contribution in [0.4, 0.5) is 30.9 Å². The molecule has 1 aromatic heterocycles. The Hall–Kier alpha value is -3.83. The van der Waals surface area contributed by atoms with E-state index in [0.717, 1.165) is 44.4 Å². The molecule has 3 N–H and O–H groups in total. The van der Waals surface area contributed by atoms with Gasteiger partial charge in [-0.25, -0.2) is 14.2 Å². The van der Waals surface area contributed by atoms with Gasteiger partial charge in [0.25, 0.3) is 5.88 Å². The van der Waals surface area contributed by atoms with Gasteiger partial charge in [0.05, 0.1) is 12.8 Å². The Balaban J connectivity index is 1.08. The number of piperidine rings is 2. The van der Waals surface area contributed by atoms with E-state index in [2.05, 4.69) is 25.5 Å². The maximum Gasteiger partial charge on any atom is 0.321 e. The van der Waals surface area contributed by atoms with E-state index in [1.54, 1.807) is 17.0 Å². The summed E-state index contributed by atoms with van der Waals surface area (Å²) in [5, 5.41) is 15.3. The van der Waals surface area contributed by atoms with Gasteiger partial charge in [0.1, 0.15) is 5.82 Å². The normalized spacial score (nSPS) is 18.2. The van der Waals surface area contributed by atoms with Crippen LogP contribution in [-0.2, 0) is 6.54 Å². The number of anilines is 3. The van der Waals surface area contributed by atoms with Crippen molar-refractivity contribution < 1.29 is 23.4 Å². The summed E-state index contributed by atoms with van der Waals surface area (Å²) in [6.07, 6.45) is 4.66. The van der Waals surface area contributed by atoms with Gasteiger partial charge in [0.2, 0.25) is 11.8 Å². The summed E-state index contributed by atoms with van der Waals surface area (Å²) in [5.74, 6) is -0.439. The standard InChI is InChI=1S/C30H36F2N6O3/c31-24-4-1-5-26(15-24)35-30(40)38-13-10-22(11-14-38)20-41-28-27(32)16-33-29(36-28)34-25-8-6-21(7-9-25)17-37-12-2-3-23(18-37)19-39/h1,4-9,15-16,22-23,39H,2-3,10-14,17-20H2,(H,35,40)(H,33,34,36). The molecule has 2 aliphatic rings. The van der Waals surface area contributed by atoms with E-state index < -0.39 is 11.6 Å². The van der Waals surface area contributed by atoms with Gasteiger partial charge in [-0.2, -0.15) is 9.37 Å². The molecule has 218 valence electrons. The largest absolute Gasteiger partial charge is 0.475 e. The number of aliphatic hydroxyl groups is 1. The van der Waals surface area contributed by atoms with Crippen molar-refractivity contribution in [1.29, 1.82) is 0 Å². The zero-order valence-corrected chi connectivity index (χ0v) is 22.9. The number of nitrogens with zero attached hydrogens (tertiary/aromatic N) is 4. The Bertz CT molecular complexity index is 1300. The average Bonchev–Trinajstić information content (AvgIpc) is 2.99. The van der Waals surface area contributed by atoms with Gasteiger partial charge in [0, 0.05) is 44.2 Å². The molecule has 2 amide bonds. The predicted molar refractivity (Wildman–Crippen MR) is 152 cm³/mol. The van der Waals surface area contributed by atoms with E-state index in [1.807, 2.05) is 24.3 Å². The van der Waals surface area contributed by atoms with Gasteiger partial charge < -0.3 is 25.4 Å². The van der Waals surface area contributed by atoms with E-state index in [-0.39, 0.29) is 37.0 Å². The first-order valence-corrected chi connectivity index (χ1v) is 14.1. The lowest BCUT2D eigenvalue weighted by molar-refractivity contribution is 0.116. The molecular weight excluding hydrogens is 530 g/mol. The van der Waals surface area contributed by atoms with E-state index in [1.165, 1.54) is 17.7 Å². The number of carbonyl (C=O) groups is 1. The van der Waals surface area contributed by atoms with Crippen molar-refractivity contribution in [2.75, 3.05) is 50.0 Å². The lowest BCUT2D eigenvalue weighted by Crippen LogP contribution is -2.42. The third-order valence-electron chi connectivity index (χ3n) is 7.62. The fourth-order valence-electron chi connectivity index (χ4n) is 5.31. The molecule has 2 saturated heterocycles. The number of hydrogen-bond donors (Lipinski definition) is 3. The summed E-state index contributed by atoms with van der Waals surface area (Å²) in [4.78, 5) is 24.8. The summed E-state index contributed by atoms with van der Waals surface area (Å²) in [7, 11) is 0. The van der Waals surface area contributed by atoms with Crippen LogP contribution in [-0.4, -0.2) is 70.3 Å². The number of aliphatic hydroxyl groups excluding tert-OH is 1. The van der Waals surface area contributed by atoms with Crippen molar-refractivity contribution in [2.45, 2.75) is 32.2 Å². The van der Waals surface area contributed by atoms with Crippen molar-refractivity contribution >= 4 is 23.4 Å². The molecule has 2 aromatic carbocycles. The number of likely N-dealkylation sites (tertiary alicyclic amines) is 2. The minimum Gasteiger partial charge on any atom is -0.475 e.